The van der Waals surface area contributed by atoms with Gasteiger partial charge in [-0.1, -0.05) is 24.6 Å². The Hall–Kier alpha value is -2.63. The zero-order valence-electron chi connectivity index (χ0n) is 15.2. The van der Waals surface area contributed by atoms with Crippen molar-refractivity contribution in [1.82, 2.24) is 25.1 Å². The molecule has 3 aromatic rings. The van der Waals surface area contributed by atoms with E-state index in [1.807, 2.05) is 25.3 Å². The average Bonchev–Trinajstić information content (AvgIpc) is 3.17. The van der Waals surface area contributed by atoms with E-state index in [0.717, 1.165) is 43.0 Å². The first-order chi connectivity index (χ1) is 12.7. The first kappa shape index (κ1) is 16.8. The smallest absolute Gasteiger partial charge is 0.220 e. The number of aromatic amines is 1. The molecule has 26 heavy (non-hydrogen) atoms. The monoisotopic (exact) mass is 351 g/mol. The zero-order chi connectivity index (χ0) is 17.9. The highest BCUT2D eigenvalue weighted by Crippen LogP contribution is 2.20. The lowest BCUT2D eigenvalue weighted by Gasteiger charge is -2.15. The van der Waals surface area contributed by atoms with Crippen LogP contribution in [-0.4, -0.2) is 25.7 Å². The van der Waals surface area contributed by atoms with Crippen molar-refractivity contribution in [2.24, 2.45) is 0 Å². The van der Waals surface area contributed by atoms with Crippen LogP contribution in [0.15, 0.2) is 30.5 Å². The highest BCUT2D eigenvalue weighted by Gasteiger charge is 2.20. The molecule has 1 aliphatic rings. The molecule has 0 aliphatic carbocycles. The predicted octanol–water partition coefficient (Wildman–Crippen LogP) is 3.30. The van der Waals surface area contributed by atoms with Crippen LogP contribution in [0.25, 0.3) is 10.9 Å². The molecule has 2 N–H and O–H groups in total. The summed E-state index contributed by atoms with van der Waals surface area (Å²) in [6.45, 7) is 2.94. The number of aryl methyl sites for hydroxylation is 2. The number of carbonyl (C=O) groups excluding carboxylic acids is 1. The number of benzene rings is 1. The summed E-state index contributed by atoms with van der Waals surface area (Å²) < 4.78 is 2.19. The van der Waals surface area contributed by atoms with Crippen LogP contribution >= 0.6 is 0 Å². The summed E-state index contributed by atoms with van der Waals surface area (Å²) in [6, 6.07) is 8.06. The quantitative estimate of drug-likeness (QED) is 0.740. The second kappa shape index (κ2) is 7.32. The molecule has 6 nitrogen and oxygen atoms in total. The molecule has 1 amide bonds. The Kier molecular flexibility index (Phi) is 4.73. The second-order valence-corrected chi connectivity index (χ2v) is 7.09. The topological polar surface area (TPSA) is 75.6 Å². The molecule has 1 unspecified atom stereocenters. The minimum absolute atomic E-state index is 0.0498. The molecule has 1 atom stereocenters. The SMILES string of the molecule is CC(NC(=O)CCc1c[nH]c2ccccc12)c1nnc2n1CCCCC2. The van der Waals surface area contributed by atoms with Crippen LogP contribution in [0.3, 0.4) is 0 Å². The van der Waals surface area contributed by atoms with Gasteiger partial charge in [0.2, 0.25) is 5.91 Å². The summed E-state index contributed by atoms with van der Waals surface area (Å²) in [5.74, 6) is 1.98. The third-order valence-electron chi connectivity index (χ3n) is 5.20. The number of para-hydroxylation sites is 1. The van der Waals surface area contributed by atoms with Gasteiger partial charge in [-0.3, -0.25) is 4.79 Å². The minimum Gasteiger partial charge on any atom is -0.361 e. The summed E-state index contributed by atoms with van der Waals surface area (Å²) in [7, 11) is 0. The van der Waals surface area contributed by atoms with Crippen molar-refractivity contribution in [2.75, 3.05) is 0 Å². The van der Waals surface area contributed by atoms with E-state index in [4.69, 9.17) is 0 Å². The lowest BCUT2D eigenvalue weighted by atomic mass is 10.1. The van der Waals surface area contributed by atoms with Crippen LogP contribution in [0.1, 0.15) is 55.9 Å². The molecule has 0 bridgehead atoms. The molecule has 3 heterocycles. The number of hydrogen-bond donors (Lipinski definition) is 2. The first-order valence-electron chi connectivity index (χ1n) is 9.48. The highest BCUT2D eigenvalue weighted by atomic mass is 16.1. The molecule has 136 valence electrons. The number of carbonyl (C=O) groups is 1. The van der Waals surface area contributed by atoms with Crippen LogP contribution in [0.5, 0.6) is 0 Å². The Bertz CT molecular complexity index is 910. The van der Waals surface area contributed by atoms with Crippen molar-refractivity contribution >= 4 is 16.8 Å². The Labute approximate surface area is 153 Å². The lowest BCUT2D eigenvalue weighted by molar-refractivity contribution is -0.121. The van der Waals surface area contributed by atoms with Gasteiger partial charge in [0.25, 0.3) is 0 Å². The Morgan fingerprint density at radius 3 is 3.08 bits per heavy atom. The Morgan fingerprint density at radius 1 is 1.27 bits per heavy atom. The summed E-state index contributed by atoms with van der Waals surface area (Å²) in [5.41, 5.74) is 2.29. The lowest BCUT2D eigenvalue weighted by Crippen LogP contribution is -2.29. The van der Waals surface area contributed by atoms with Crippen LogP contribution in [0, 0.1) is 0 Å². The zero-order valence-corrected chi connectivity index (χ0v) is 15.2. The Balaban J connectivity index is 1.38. The van der Waals surface area contributed by atoms with Gasteiger partial charge in [0.05, 0.1) is 6.04 Å². The van der Waals surface area contributed by atoms with Gasteiger partial charge < -0.3 is 14.9 Å². The van der Waals surface area contributed by atoms with Crippen LogP contribution < -0.4 is 5.32 Å². The predicted molar refractivity (Wildman–Crippen MR) is 101 cm³/mol. The van der Waals surface area contributed by atoms with Gasteiger partial charge >= 0.3 is 0 Å². The first-order valence-corrected chi connectivity index (χ1v) is 9.48. The van der Waals surface area contributed by atoms with Crippen molar-refractivity contribution in [3.8, 4) is 0 Å². The van der Waals surface area contributed by atoms with Crippen molar-refractivity contribution in [3.63, 3.8) is 0 Å². The third kappa shape index (κ3) is 3.36. The largest absolute Gasteiger partial charge is 0.361 e. The number of fused-ring (bicyclic) bond motifs is 2. The molecule has 4 rings (SSSR count). The summed E-state index contributed by atoms with van der Waals surface area (Å²) >= 11 is 0. The van der Waals surface area contributed by atoms with Gasteiger partial charge in [-0.05, 0) is 37.8 Å². The number of rotatable bonds is 5. The number of nitrogens with zero attached hydrogens (tertiary/aromatic N) is 3. The number of hydrogen-bond acceptors (Lipinski definition) is 3. The number of aromatic nitrogens is 4. The fourth-order valence-corrected chi connectivity index (χ4v) is 3.79. The fourth-order valence-electron chi connectivity index (χ4n) is 3.79. The molecule has 0 saturated heterocycles. The Morgan fingerprint density at radius 2 is 2.15 bits per heavy atom. The van der Waals surface area contributed by atoms with Crippen LogP contribution in [-0.2, 0) is 24.2 Å². The van der Waals surface area contributed by atoms with E-state index in [1.165, 1.54) is 23.8 Å². The molecule has 2 aromatic heterocycles. The molecule has 1 aromatic carbocycles. The third-order valence-corrected chi connectivity index (χ3v) is 5.20. The van der Waals surface area contributed by atoms with E-state index in [9.17, 15) is 4.79 Å². The van der Waals surface area contributed by atoms with E-state index in [0.29, 0.717) is 6.42 Å². The minimum atomic E-state index is -0.121. The molecule has 0 spiro atoms. The van der Waals surface area contributed by atoms with E-state index in [-0.39, 0.29) is 11.9 Å². The van der Waals surface area contributed by atoms with Gasteiger partial charge in [0, 0.05) is 36.5 Å². The number of amides is 1. The molecule has 0 radical (unpaired) electrons. The molecule has 0 fully saturated rings. The second-order valence-electron chi connectivity index (χ2n) is 7.09. The van der Waals surface area contributed by atoms with Gasteiger partial charge in [-0.15, -0.1) is 10.2 Å². The van der Waals surface area contributed by atoms with E-state index < -0.39 is 0 Å². The van der Waals surface area contributed by atoms with Gasteiger partial charge in [0.1, 0.15) is 5.82 Å². The van der Waals surface area contributed by atoms with Crippen LogP contribution in [0.4, 0.5) is 0 Å². The fraction of sp³-hybridized carbons (Fsp3) is 0.450. The van der Waals surface area contributed by atoms with E-state index in [2.05, 4.69) is 37.2 Å². The highest BCUT2D eigenvalue weighted by molar-refractivity contribution is 5.84. The maximum Gasteiger partial charge on any atom is 0.220 e. The van der Waals surface area contributed by atoms with Gasteiger partial charge in [0.15, 0.2) is 5.82 Å². The molecule has 6 heteroatoms. The van der Waals surface area contributed by atoms with Crippen molar-refractivity contribution in [1.29, 1.82) is 0 Å². The van der Waals surface area contributed by atoms with Gasteiger partial charge in [-0.2, -0.15) is 0 Å². The summed E-state index contributed by atoms with van der Waals surface area (Å²) in [6.07, 6.45) is 7.72. The number of nitrogens with one attached hydrogen (secondary N) is 2. The normalized spacial score (nSPS) is 15.4. The van der Waals surface area contributed by atoms with E-state index >= 15 is 0 Å². The molecular formula is C20H25N5O. The maximum absolute atomic E-state index is 12.4. The van der Waals surface area contributed by atoms with Crippen molar-refractivity contribution in [3.05, 3.63) is 47.7 Å². The van der Waals surface area contributed by atoms with Crippen LogP contribution in [0.2, 0.25) is 0 Å². The summed E-state index contributed by atoms with van der Waals surface area (Å²) in [5, 5.41) is 12.9. The van der Waals surface area contributed by atoms with Gasteiger partial charge in [-0.25, -0.2) is 0 Å². The molecule has 1 aliphatic heterocycles. The van der Waals surface area contributed by atoms with Crippen molar-refractivity contribution < 1.29 is 4.79 Å². The maximum atomic E-state index is 12.4. The number of H-pyrrole nitrogens is 1. The van der Waals surface area contributed by atoms with Crippen molar-refractivity contribution in [2.45, 2.75) is 58.0 Å². The average molecular weight is 351 g/mol. The molecule has 0 saturated carbocycles. The standard InChI is InChI=1S/C20H25N5O/c1-14(20-24-23-18-9-3-2-6-12-25(18)20)22-19(26)11-10-15-13-21-17-8-5-4-7-16(15)17/h4-5,7-8,13-14,21H,2-3,6,9-12H2,1H3,(H,22,26). The van der Waals surface area contributed by atoms with E-state index in [1.54, 1.807) is 0 Å². The summed E-state index contributed by atoms with van der Waals surface area (Å²) in [4.78, 5) is 15.7. The molecular weight excluding hydrogens is 326 g/mol.